The van der Waals surface area contributed by atoms with E-state index in [0.717, 1.165) is 28.9 Å². The van der Waals surface area contributed by atoms with E-state index in [1.54, 1.807) is 17.2 Å². The second kappa shape index (κ2) is 7.82. The number of benzene rings is 2. The number of rotatable bonds is 6. The number of nitrogens with one attached hydrogen (secondary N) is 1. The largest absolute Gasteiger partial charge is 0.482 e. The first-order chi connectivity index (χ1) is 12.6. The van der Waals surface area contributed by atoms with Crippen molar-refractivity contribution in [2.75, 3.05) is 11.9 Å². The molecule has 0 atom stereocenters. The van der Waals surface area contributed by atoms with Crippen LogP contribution in [-0.4, -0.2) is 27.3 Å². The highest BCUT2D eigenvalue weighted by molar-refractivity contribution is 5.92. The van der Waals surface area contributed by atoms with Gasteiger partial charge in [0.15, 0.2) is 6.61 Å². The maximum absolute atomic E-state index is 12.3. The Labute approximate surface area is 152 Å². The zero-order chi connectivity index (χ0) is 18.5. The molecule has 0 aliphatic rings. The van der Waals surface area contributed by atoms with E-state index in [4.69, 9.17) is 4.74 Å². The standard InChI is InChI=1S/C20H22N4O2/c1-4-16-7-8-19(18(10-16)24-12-21-22-13-24)26-11-20(25)23-17-9-14(2)5-6-15(17)3/h5-10,12-13H,4,11H2,1-3H3,(H,23,25). The SMILES string of the molecule is CCc1ccc(OCC(=O)Nc2cc(C)ccc2C)c(-n2cnnc2)c1. The fourth-order valence-electron chi connectivity index (χ4n) is 2.63. The summed E-state index contributed by atoms with van der Waals surface area (Å²) in [6.07, 6.45) is 4.12. The molecule has 0 bridgehead atoms. The molecule has 1 amide bonds. The van der Waals surface area contributed by atoms with E-state index >= 15 is 0 Å². The van der Waals surface area contributed by atoms with Gasteiger partial charge in [0.25, 0.3) is 5.91 Å². The van der Waals surface area contributed by atoms with Crippen LogP contribution in [-0.2, 0) is 11.2 Å². The van der Waals surface area contributed by atoms with Crippen LogP contribution in [0, 0.1) is 13.8 Å². The number of carbonyl (C=O) groups excluding carboxylic acids is 1. The van der Waals surface area contributed by atoms with Crippen molar-refractivity contribution >= 4 is 11.6 Å². The van der Waals surface area contributed by atoms with Gasteiger partial charge < -0.3 is 10.1 Å². The number of amides is 1. The Morgan fingerprint density at radius 3 is 2.62 bits per heavy atom. The van der Waals surface area contributed by atoms with Crippen LogP contribution in [0.4, 0.5) is 5.69 Å². The second-order valence-corrected chi connectivity index (χ2v) is 6.18. The van der Waals surface area contributed by atoms with Crippen molar-refractivity contribution in [3.05, 3.63) is 65.7 Å². The molecule has 0 saturated heterocycles. The summed E-state index contributed by atoms with van der Waals surface area (Å²) >= 11 is 0. The lowest BCUT2D eigenvalue weighted by Crippen LogP contribution is -2.21. The molecule has 6 nitrogen and oxygen atoms in total. The maximum Gasteiger partial charge on any atom is 0.262 e. The number of hydrogen-bond acceptors (Lipinski definition) is 4. The van der Waals surface area contributed by atoms with E-state index in [2.05, 4.69) is 22.4 Å². The maximum atomic E-state index is 12.3. The minimum Gasteiger partial charge on any atom is -0.482 e. The molecular weight excluding hydrogens is 328 g/mol. The van der Waals surface area contributed by atoms with E-state index in [-0.39, 0.29) is 12.5 Å². The van der Waals surface area contributed by atoms with Gasteiger partial charge in [-0.3, -0.25) is 9.36 Å². The number of nitrogens with zero attached hydrogens (tertiary/aromatic N) is 3. The highest BCUT2D eigenvalue weighted by Crippen LogP contribution is 2.24. The number of ether oxygens (including phenoxy) is 1. The molecule has 0 spiro atoms. The molecule has 1 aromatic heterocycles. The number of aromatic nitrogens is 3. The summed E-state index contributed by atoms with van der Waals surface area (Å²) in [6.45, 7) is 5.97. The van der Waals surface area contributed by atoms with Crippen LogP contribution in [0.15, 0.2) is 49.1 Å². The van der Waals surface area contributed by atoms with Crippen molar-refractivity contribution in [2.24, 2.45) is 0 Å². The Kier molecular flexibility index (Phi) is 5.31. The van der Waals surface area contributed by atoms with Gasteiger partial charge in [-0.15, -0.1) is 10.2 Å². The average Bonchev–Trinajstić information content (AvgIpc) is 3.17. The molecule has 0 aliphatic carbocycles. The molecular formula is C20H22N4O2. The van der Waals surface area contributed by atoms with Crippen molar-refractivity contribution in [3.63, 3.8) is 0 Å². The van der Waals surface area contributed by atoms with E-state index in [0.29, 0.717) is 5.75 Å². The lowest BCUT2D eigenvalue weighted by molar-refractivity contribution is -0.118. The van der Waals surface area contributed by atoms with Gasteiger partial charge in [-0.2, -0.15) is 0 Å². The summed E-state index contributed by atoms with van der Waals surface area (Å²) < 4.78 is 7.55. The monoisotopic (exact) mass is 350 g/mol. The van der Waals surface area contributed by atoms with Gasteiger partial charge in [-0.1, -0.05) is 25.1 Å². The van der Waals surface area contributed by atoms with Gasteiger partial charge in [0.2, 0.25) is 0 Å². The van der Waals surface area contributed by atoms with Crippen molar-refractivity contribution in [1.29, 1.82) is 0 Å². The molecule has 0 saturated carbocycles. The molecule has 0 unspecified atom stereocenters. The smallest absolute Gasteiger partial charge is 0.262 e. The Morgan fingerprint density at radius 2 is 1.88 bits per heavy atom. The highest BCUT2D eigenvalue weighted by Gasteiger charge is 2.11. The molecule has 0 aliphatic heterocycles. The van der Waals surface area contributed by atoms with Gasteiger partial charge in [0, 0.05) is 5.69 Å². The summed E-state index contributed by atoms with van der Waals surface area (Å²) in [5.41, 5.74) is 4.90. The molecule has 1 heterocycles. The van der Waals surface area contributed by atoms with Crippen molar-refractivity contribution in [2.45, 2.75) is 27.2 Å². The zero-order valence-corrected chi connectivity index (χ0v) is 15.2. The predicted molar refractivity (Wildman–Crippen MR) is 101 cm³/mol. The van der Waals surface area contributed by atoms with Gasteiger partial charge >= 0.3 is 0 Å². The Balaban J connectivity index is 1.73. The minimum absolute atomic E-state index is 0.0754. The van der Waals surface area contributed by atoms with Crippen LogP contribution in [0.5, 0.6) is 5.75 Å². The van der Waals surface area contributed by atoms with Crippen molar-refractivity contribution in [3.8, 4) is 11.4 Å². The molecule has 26 heavy (non-hydrogen) atoms. The van der Waals surface area contributed by atoms with Crippen LogP contribution in [0.1, 0.15) is 23.6 Å². The fraction of sp³-hybridized carbons (Fsp3) is 0.250. The van der Waals surface area contributed by atoms with Crippen LogP contribution in [0.3, 0.4) is 0 Å². The summed E-state index contributed by atoms with van der Waals surface area (Å²) in [7, 11) is 0. The molecule has 2 aromatic carbocycles. The van der Waals surface area contributed by atoms with Crippen LogP contribution < -0.4 is 10.1 Å². The molecule has 6 heteroatoms. The van der Waals surface area contributed by atoms with Crippen molar-refractivity contribution in [1.82, 2.24) is 14.8 Å². The first-order valence-electron chi connectivity index (χ1n) is 8.54. The lowest BCUT2D eigenvalue weighted by atomic mass is 10.1. The van der Waals surface area contributed by atoms with E-state index < -0.39 is 0 Å². The predicted octanol–water partition coefficient (Wildman–Crippen LogP) is 3.46. The number of carbonyl (C=O) groups is 1. The van der Waals surface area contributed by atoms with E-state index in [1.807, 2.05) is 50.2 Å². The van der Waals surface area contributed by atoms with Crippen LogP contribution >= 0.6 is 0 Å². The molecule has 1 N–H and O–H groups in total. The Hall–Kier alpha value is -3.15. The van der Waals surface area contributed by atoms with Gasteiger partial charge in [0.05, 0.1) is 5.69 Å². The molecule has 3 aromatic rings. The van der Waals surface area contributed by atoms with Crippen LogP contribution in [0.2, 0.25) is 0 Å². The fourth-order valence-corrected chi connectivity index (χ4v) is 2.63. The summed E-state index contributed by atoms with van der Waals surface area (Å²) in [5, 5.41) is 10.6. The zero-order valence-electron chi connectivity index (χ0n) is 15.2. The second-order valence-electron chi connectivity index (χ2n) is 6.18. The number of aryl methyl sites for hydroxylation is 3. The van der Waals surface area contributed by atoms with Crippen LogP contribution in [0.25, 0.3) is 5.69 Å². The summed E-state index contributed by atoms with van der Waals surface area (Å²) in [4.78, 5) is 12.3. The van der Waals surface area contributed by atoms with Crippen molar-refractivity contribution < 1.29 is 9.53 Å². The Bertz CT molecular complexity index is 904. The minimum atomic E-state index is -0.201. The Morgan fingerprint density at radius 1 is 1.12 bits per heavy atom. The third kappa shape index (κ3) is 4.08. The quantitative estimate of drug-likeness (QED) is 0.739. The molecule has 0 fully saturated rings. The number of anilines is 1. The van der Waals surface area contributed by atoms with E-state index in [1.165, 1.54) is 5.56 Å². The lowest BCUT2D eigenvalue weighted by Gasteiger charge is -2.14. The van der Waals surface area contributed by atoms with Gasteiger partial charge in [-0.25, -0.2) is 0 Å². The summed E-state index contributed by atoms with van der Waals surface area (Å²) in [6, 6.07) is 11.8. The van der Waals surface area contributed by atoms with Gasteiger partial charge in [0.1, 0.15) is 18.4 Å². The van der Waals surface area contributed by atoms with Gasteiger partial charge in [-0.05, 0) is 55.2 Å². The molecule has 134 valence electrons. The topological polar surface area (TPSA) is 69.0 Å². The van der Waals surface area contributed by atoms with E-state index in [9.17, 15) is 4.79 Å². The number of hydrogen-bond donors (Lipinski definition) is 1. The third-order valence-corrected chi connectivity index (χ3v) is 4.15. The third-order valence-electron chi connectivity index (χ3n) is 4.15. The normalized spacial score (nSPS) is 10.6. The first-order valence-corrected chi connectivity index (χ1v) is 8.54. The first kappa shape index (κ1) is 17.7. The summed E-state index contributed by atoms with van der Waals surface area (Å²) in [5.74, 6) is 0.408. The molecule has 3 rings (SSSR count). The highest BCUT2D eigenvalue weighted by atomic mass is 16.5. The average molecular weight is 350 g/mol. The molecule has 0 radical (unpaired) electrons.